The number of nitro benzene ring substituents is 1. The molecule has 1 aromatic rings. The number of hydrogen-bond donors (Lipinski definition) is 2. The van der Waals surface area contributed by atoms with E-state index in [0.29, 0.717) is 12.1 Å². The first-order valence-electron chi connectivity index (χ1n) is 5.29. The lowest BCUT2D eigenvalue weighted by Crippen LogP contribution is -2.21. The Morgan fingerprint density at radius 3 is 2.71 bits per heavy atom. The molecule has 17 heavy (non-hydrogen) atoms. The zero-order chi connectivity index (χ0) is 13.0. The molecule has 2 atom stereocenters. The summed E-state index contributed by atoms with van der Waals surface area (Å²) in [6, 6.07) is 4.65. The zero-order valence-corrected chi connectivity index (χ0v) is 10.4. The minimum absolute atomic E-state index is 0.0767. The molecule has 0 saturated carbocycles. The molecule has 0 fully saturated rings. The molecule has 0 spiro atoms. The minimum Gasteiger partial charge on any atom is -0.393 e. The first kappa shape index (κ1) is 13.7. The maximum atomic E-state index is 10.9. The molecule has 1 rings (SSSR count). The Labute approximate surface area is 105 Å². The number of nitrogens with zero attached hydrogens (tertiary/aromatic N) is 1. The van der Waals surface area contributed by atoms with Crippen molar-refractivity contribution in [3.8, 4) is 0 Å². The highest BCUT2D eigenvalue weighted by atomic mass is 35.5. The van der Waals surface area contributed by atoms with Crippen LogP contribution in [0.2, 0.25) is 5.02 Å². The van der Waals surface area contributed by atoms with Crippen LogP contribution >= 0.6 is 11.6 Å². The number of halogens is 1. The van der Waals surface area contributed by atoms with E-state index < -0.39 is 11.0 Å². The summed E-state index contributed by atoms with van der Waals surface area (Å²) in [5.74, 6) is 0. The van der Waals surface area contributed by atoms with Gasteiger partial charge in [0.25, 0.3) is 0 Å². The fraction of sp³-hybridized carbons (Fsp3) is 0.455. The summed E-state index contributed by atoms with van der Waals surface area (Å²) in [7, 11) is 0. The molecule has 5 nitrogen and oxygen atoms in total. The Hall–Kier alpha value is -1.33. The summed E-state index contributed by atoms with van der Waals surface area (Å²) in [4.78, 5) is 10.4. The highest BCUT2D eigenvalue weighted by Crippen LogP contribution is 2.32. The van der Waals surface area contributed by atoms with E-state index in [9.17, 15) is 15.2 Å². The van der Waals surface area contributed by atoms with Crippen LogP contribution in [-0.2, 0) is 0 Å². The van der Waals surface area contributed by atoms with Crippen molar-refractivity contribution in [1.82, 2.24) is 0 Å². The molecule has 0 amide bonds. The van der Waals surface area contributed by atoms with Gasteiger partial charge in [0.2, 0.25) is 0 Å². The molecular formula is C11H15ClN2O3. The smallest absolute Gasteiger partial charge is 0.310 e. The largest absolute Gasteiger partial charge is 0.393 e. The highest BCUT2D eigenvalue weighted by molar-refractivity contribution is 6.33. The molecular weight excluding hydrogens is 244 g/mol. The molecule has 0 aliphatic heterocycles. The Kier molecular flexibility index (Phi) is 4.72. The maximum absolute atomic E-state index is 10.9. The van der Waals surface area contributed by atoms with E-state index in [1.807, 2.05) is 6.92 Å². The van der Waals surface area contributed by atoms with Crippen molar-refractivity contribution < 1.29 is 10.0 Å². The van der Waals surface area contributed by atoms with Gasteiger partial charge in [0, 0.05) is 6.04 Å². The van der Waals surface area contributed by atoms with Gasteiger partial charge >= 0.3 is 5.69 Å². The predicted octanol–water partition coefficient (Wildman–Crippen LogP) is 2.82. The number of nitro groups is 1. The summed E-state index contributed by atoms with van der Waals surface area (Å²) >= 11 is 5.78. The number of hydrogen-bond acceptors (Lipinski definition) is 4. The zero-order valence-electron chi connectivity index (χ0n) is 9.68. The fourth-order valence-corrected chi connectivity index (χ4v) is 1.90. The molecule has 0 saturated heterocycles. The number of para-hydroxylation sites is 1. The Balaban J connectivity index is 2.91. The molecule has 0 aliphatic carbocycles. The van der Waals surface area contributed by atoms with Gasteiger partial charge in [-0.15, -0.1) is 0 Å². The van der Waals surface area contributed by atoms with Crippen LogP contribution in [-0.4, -0.2) is 22.2 Å². The molecule has 2 unspecified atom stereocenters. The number of aliphatic hydroxyl groups is 1. The molecule has 0 bridgehead atoms. The van der Waals surface area contributed by atoms with Crippen LogP contribution in [0.15, 0.2) is 18.2 Å². The van der Waals surface area contributed by atoms with E-state index in [4.69, 9.17) is 11.6 Å². The average molecular weight is 259 g/mol. The number of benzene rings is 1. The number of rotatable bonds is 5. The monoisotopic (exact) mass is 258 g/mol. The average Bonchev–Trinajstić information content (AvgIpc) is 2.15. The third-order valence-corrected chi connectivity index (χ3v) is 2.57. The summed E-state index contributed by atoms with van der Waals surface area (Å²) in [5.41, 5.74) is 0.238. The Bertz CT molecular complexity index is 410. The topological polar surface area (TPSA) is 75.4 Å². The van der Waals surface area contributed by atoms with Gasteiger partial charge in [-0.05, 0) is 32.4 Å². The Morgan fingerprint density at radius 1 is 1.53 bits per heavy atom. The molecule has 1 aromatic carbocycles. The molecule has 0 radical (unpaired) electrons. The van der Waals surface area contributed by atoms with E-state index in [2.05, 4.69) is 5.32 Å². The molecule has 0 heterocycles. The maximum Gasteiger partial charge on any atom is 0.310 e. The van der Waals surface area contributed by atoms with Crippen molar-refractivity contribution in [3.05, 3.63) is 33.3 Å². The van der Waals surface area contributed by atoms with Gasteiger partial charge in [0.1, 0.15) is 10.7 Å². The van der Waals surface area contributed by atoms with Crippen molar-refractivity contribution in [2.24, 2.45) is 0 Å². The van der Waals surface area contributed by atoms with Gasteiger partial charge < -0.3 is 10.4 Å². The van der Waals surface area contributed by atoms with E-state index in [-0.39, 0.29) is 16.8 Å². The van der Waals surface area contributed by atoms with Crippen LogP contribution < -0.4 is 5.32 Å². The summed E-state index contributed by atoms with van der Waals surface area (Å²) in [5, 5.41) is 23.2. The molecule has 2 N–H and O–H groups in total. The normalized spacial score (nSPS) is 14.1. The molecule has 6 heteroatoms. The van der Waals surface area contributed by atoms with Crippen LogP contribution in [0, 0.1) is 10.1 Å². The van der Waals surface area contributed by atoms with Crippen molar-refractivity contribution >= 4 is 23.0 Å². The van der Waals surface area contributed by atoms with Gasteiger partial charge in [0.15, 0.2) is 0 Å². The minimum atomic E-state index is -0.514. The summed E-state index contributed by atoms with van der Waals surface area (Å²) in [6.07, 6.45) is 0.0414. The first-order chi connectivity index (χ1) is 7.91. The lowest BCUT2D eigenvalue weighted by Gasteiger charge is -2.16. The van der Waals surface area contributed by atoms with Crippen LogP contribution in [0.1, 0.15) is 20.3 Å². The van der Waals surface area contributed by atoms with E-state index >= 15 is 0 Å². The molecule has 0 aromatic heterocycles. The van der Waals surface area contributed by atoms with Crippen molar-refractivity contribution in [3.63, 3.8) is 0 Å². The number of nitrogens with one attached hydrogen (secondary N) is 1. The van der Waals surface area contributed by atoms with Crippen molar-refractivity contribution in [2.75, 3.05) is 5.32 Å². The van der Waals surface area contributed by atoms with Crippen LogP contribution in [0.25, 0.3) is 0 Å². The van der Waals surface area contributed by atoms with Gasteiger partial charge in [-0.1, -0.05) is 17.7 Å². The summed E-state index contributed by atoms with van der Waals surface area (Å²) < 4.78 is 0. The molecule has 94 valence electrons. The lowest BCUT2D eigenvalue weighted by atomic mass is 10.1. The van der Waals surface area contributed by atoms with Crippen LogP contribution in [0.3, 0.4) is 0 Å². The van der Waals surface area contributed by atoms with Gasteiger partial charge in [-0.3, -0.25) is 10.1 Å². The fourth-order valence-electron chi connectivity index (χ4n) is 1.65. The van der Waals surface area contributed by atoms with Crippen LogP contribution in [0.5, 0.6) is 0 Å². The standard InChI is InChI=1S/C11H15ClN2O3/c1-7(6-8(2)15)13-10-5-3-4-9(12)11(10)14(16)17/h3-5,7-8,13,15H,6H2,1-2H3. The van der Waals surface area contributed by atoms with Gasteiger partial charge in [-0.25, -0.2) is 0 Å². The second-order valence-electron chi connectivity index (χ2n) is 4.02. The second kappa shape index (κ2) is 5.84. The third kappa shape index (κ3) is 3.87. The van der Waals surface area contributed by atoms with E-state index in [1.54, 1.807) is 19.1 Å². The lowest BCUT2D eigenvalue weighted by molar-refractivity contribution is -0.383. The van der Waals surface area contributed by atoms with Gasteiger partial charge in [0.05, 0.1) is 11.0 Å². The first-order valence-corrected chi connectivity index (χ1v) is 5.67. The quantitative estimate of drug-likeness (QED) is 0.629. The van der Waals surface area contributed by atoms with Crippen molar-refractivity contribution in [1.29, 1.82) is 0 Å². The van der Waals surface area contributed by atoms with Crippen molar-refractivity contribution in [2.45, 2.75) is 32.4 Å². The van der Waals surface area contributed by atoms with E-state index in [1.165, 1.54) is 6.07 Å². The number of anilines is 1. The SMILES string of the molecule is CC(O)CC(C)Nc1cccc(Cl)c1[N+](=O)[O-]. The summed E-state index contributed by atoms with van der Waals surface area (Å²) in [6.45, 7) is 3.52. The molecule has 0 aliphatic rings. The van der Waals surface area contributed by atoms with Crippen LogP contribution in [0.4, 0.5) is 11.4 Å². The highest BCUT2D eigenvalue weighted by Gasteiger charge is 2.19. The Morgan fingerprint density at radius 2 is 2.18 bits per heavy atom. The van der Waals surface area contributed by atoms with E-state index in [0.717, 1.165) is 0 Å². The second-order valence-corrected chi connectivity index (χ2v) is 4.43. The third-order valence-electron chi connectivity index (χ3n) is 2.27. The number of aliphatic hydroxyl groups excluding tert-OH is 1. The predicted molar refractivity (Wildman–Crippen MR) is 67.5 cm³/mol. The van der Waals surface area contributed by atoms with Gasteiger partial charge in [-0.2, -0.15) is 0 Å².